The monoisotopic (exact) mass is 241 g/mol. The number of ether oxygens (including phenoxy) is 3. The third-order valence-electron chi connectivity index (χ3n) is 2.04. The molecule has 0 aliphatic carbocycles. The standard InChI is InChI=1S/C12H19NO4/c1-15-5-6-16-8-11(14)9-17-12-4-2-3-10(13)7-12/h2-4,7,11,14H,5-6,8-9,13H2,1H3. The van der Waals surface area contributed by atoms with Gasteiger partial charge < -0.3 is 25.1 Å². The summed E-state index contributed by atoms with van der Waals surface area (Å²) >= 11 is 0. The van der Waals surface area contributed by atoms with Crippen molar-refractivity contribution in [2.45, 2.75) is 6.10 Å². The van der Waals surface area contributed by atoms with Crippen molar-refractivity contribution in [1.82, 2.24) is 0 Å². The number of hydrogen-bond acceptors (Lipinski definition) is 5. The fourth-order valence-electron chi connectivity index (χ4n) is 1.21. The van der Waals surface area contributed by atoms with E-state index in [1.54, 1.807) is 31.4 Å². The summed E-state index contributed by atoms with van der Waals surface area (Å²) < 4.78 is 15.3. The minimum absolute atomic E-state index is 0.177. The van der Waals surface area contributed by atoms with Crippen molar-refractivity contribution in [3.63, 3.8) is 0 Å². The number of anilines is 1. The van der Waals surface area contributed by atoms with Crippen molar-refractivity contribution in [2.75, 3.05) is 39.3 Å². The molecule has 96 valence electrons. The zero-order chi connectivity index (χ0) is 12.5. The van der Waals surface area contributed by atoms with Crippen molar-refractivity contribution in [3.8, 4) is 5.75 Å². The molecular formula is C12H19NO4. The van der Waals surface area contributed by atoms with Crippen LogP contribution in [0.5, 0.6) is 5.75 Å². The first kappa shape index (κ1) is 13.8. The number of methoxy groups -OCH3 is 1. The Kier molecular flexibility index (Phi) is 6.39. The first-order valence-electron chi connectivity index (χ1n) is 5.45. The number of rotatable bonds is 8. The van der Waals surface area contributed by atoms with E-state index in [4.69, 9.17) is 19.9 Å². The van der Waals surface area contributed by atoms with Gasteiger partial charge in [0.25, 0.3) is 0 Å². The molecule has 0 saturated heterocycles. The number of hydrogen-bond donors (Lipinski definition) is 2. The molecule has 1 aromatic rings. The zero-order valence-corrected chi connectivity index (χ0v) is 9.96. The Bertz CT molecular complexity index is 319. The summed E-state index contributed by atoms with van der Waals surface area (Å²) in [7, 11) is 1.60. The van der Waals surface area contributed by atoms with Crippen LogP contribution in [0.25, 0.3) is 0 Å². The summed E-state index contributed by atoms with van der Waals surface area (Å²) in [6.07, 6.45) is -0.659. The van der Waals surface area contributed by atoms with Crippen molar-refractivity contribution in [3.05, 3.63) is 24.3 Å². The molecular weight excluding hydrogens is 222 g/mol. The summed E-state index contributed by atoms with van der Waals surface area (Å²) in [4.78, 5) is 0. The summed E-state index contributed by atoms with van der Waals surface area (Å²) in [5.41, 5.74) is 6.23. The van der Waals surface area contributed by atoms with Gasteiger partial charge in [-0.3, -0.25) is 0 Å². The largest absolute Gasteiger partial charge is 0.491 e. The summed E-state index contributed by atoms with van der Waals surface area (Å²) in [5, 5.41) is 9.56. The van der Waals surface area contributed by atoms with E-state index in [9.17, 15) is 5.11 Å². The lowest BCUT2D eigenvalue weighted by atomic mass is 10.3. The van der Waals surface area contributed by atoms with Crippen LogP contribution in [0.1, 0.15) is 0 Å². The molecule has 0 aromatic heterocycles. The third-order valence-corrected chi connectivity index (χ3v) is 2.04. The SMILES string of the molecule is COCCOCC(O)COc1cccc(N)c1. The van der Waals surface area contributed by atoms with Crippen LogP contribution in [-0.4, -0.2) is 44.7 Å². The fraction of sp³-hybridized carbons (Fsp3) is 0.500. The first-order chi connectivity index (χ1) is 8.22. The molecule has 0 saturated carbocycles. The average molecular weight is 241 g/mol. The second kappa shape index (κ2) is 7.89. The van der Waals surface area contributed by atoms with E-state index in [2.05, 4.69) is 0 Å². The molecule has 0 fully saturated rings. The van der Waals surface area contributed by atoms with E-state index in [1.165, 1.54) is 0 Å². The molecule has 1 atom stereocenters. The first-order valence-corrected chi connectivity index (χ1v) is 5.45. The van der Waals surface area contributed by atoms with Gasteiger partial charge in [-0.05, 0) is 12.1 Å². The Morgan fingerprint density at radius 2 is 2.12 bits per heavy atom. The quantitative estimate of drug-likeness (QED) is 0.517. The maximum Gasteiger partial charge on any atom is 0.121 e. The van der Waals surface area contributed by atoms with Gasteiger partial charge in [-0.1, -0.05) is 6.07 Å². The molecule has 17 heavy (non-hydrogen) atoms. The summed E-state index contributed by atoms with van der Waals surface area (Å²) in [6, 6.07) is 7.07. The number of aliphatic hydroxyl groups is 1. The van der Waals surface area contributed by atoms with Gasteiger partial charge in [0, 0.05) is 18.9 Å². The van der Waals surface area contributed by atoms with Crippen LogP contribution in [0, 0.1) is 0 Å². The highest BCUT2D eigenvalue weighted by molar-refractivity contribution is 5.43. The van der Waals surface area contributed by atoms with Gasteiger partial charge >= 0.3 is 0 Å². The lowest BCUT2D eigenvalue weighted by Gasteiger charge is -2.12. The normalized spacial score (nSPS) is 12.4. The van der Waals surface area contributed by atoms with Crippen molar-refractivity contribution < 1.29 is 19.3 Å². The van der Waals surface area contributed by atoms with Crippen LogP contribution in [0.3, 0.4) is 0 Å². The Morgan fingerprint density at radius 3 is 2.82 bits per heavy atom. The van der Waals surface area contributed by atoms with E-state index in [0.717, 1.165) is 0 Å². The van der Waals surface area contributed by atoms with Gasteiger partial charge in [0.2, 0.25) is 0 Å². The van der Waals surface area contributed by atoms with Crippen LogP contribution in [-0.2, 0) is 9.47 Å². The van der Waals surface area contributed by atoms with Crippen LogP contribution in [0.15, 0.2) is 24.3 Å². The Hall–Kier alpha value is -1.30. The number of nitrogens with two attached hydrogens (primary N) is 1. The molecule has 0 bridgehead atoms. The molecule has 0 aliphatic heterocycles. The molecule has 5 heteroatoms. The average Bonchev–Trinajstić information content (AvgIpc) is 2.32. The van der Waals surface area contributed by atoms with Gasteiger partial charge in [0.15, 0.2) is 0 Å². The second-order valence-electron chi connectivity index (χ2n) is 3.61. The minimum Gasteiger partial charge on any atom is -0.491 e. The third kappa shape index (κ3) is 6.11. The molecule has 1 rings (SSSR count). The molecule has 0 aliphatic rings. The van der Waals surface area contributed by atoms with Gasteiger partial charge in [-0.2, -0.15) is 0 Å². The minimum atomic E-state index is -0.659. The Morgan fingerprint density at radius 1 is 1.29 bits per heavy atom. The highest BCUT2D eigenvalue weighted by atomic mass is 16.5. The lowest BCUT2D eigenvalue weighted by molar-refractivity contribution is -0.00418. The number of nitrogen functional groups attached to an aromatic ring is 1. The van der Waals surface area contributed by atoms with E-state index in [0.29, 0.717) is 24.7 Å². The van der Waals surface area contributed by atoms with Gasteiger partial charge in [0.1, 0.15) is 18.5 Å². The van der Waals surface area contributed by atoms with Crippen molar-refractivity contribution >= 4 is 5.69 Å². The van der Waals surface area contributed by atoms with E-state index < -0.39 is 6.10 Å². The maximum atomic E-state index is 9.56. The predicted molar refractivity (Wildman–Crippen MR) is 65.1 cm³/mol. The van der Waals surface area contributed by atoms with Crippen LogP contribution in [0.2, 0.25) is 0 Å². The van der Waals surface area contributed by atoms with E-state index in [-0.39, 0.29) is 13.2 Å². The van der Waals surface area contributed by atoms with Crippen LogP contribution >= 0.6 is 0 Å². The smallest absolute Gasteiger partial charge is 0.121 e. The molecule has 0 heterocycles. The van der Waals surface area contributed by atoms with Crippen LogP contribution < -0.4 is 10.5 Å². The Labute approximate surface area is 101 Å². The number of aliphatic hydroxyl groups excluding tert-OH is 1. The highest BCUT2D eigenvalue weighted by Crippen LogP contribution is 2.14. The van der Waals surface area contributed by atoms with Gasteiger partial charge in [0.05, 0.1) is 19.8 Å². The van der Waals surface area contributed by atoms with Crippen molar-refractivity contribution in [2.24, 2.45) is 0 Å². The Balaban J connectivity index is 2.17. The van der Waals surface area contributed by atoms with Crippen molar-refractivity contribution in [1.29, 1.82) is 0 Å². The maximum absolute atomic E-state index is 9.56. The molecule has 1 unspecified atom stereocenters. The molecule has 5 nitrogen and oxygen atoms in total. The zero-order valence-electron chi connectivity index (χ0n) is 9.96. The lowest BCUT2D eigenvalue weighted by Crippen LogP contribution is -2.24. The molecule has 0 spiro atoms. The molecule has 0 amide bonds. The summed E-state index contributed by atoms with van der Waals surface area (Å²) in [5.74, 6) is 0.640. The highest BCUT2D eigenvalue weighted by Gasteiger charge is 2.05. The predicted octanol–water partition coefficient (Wildman–Crippen LogP) is 0.671. The summed E-state index contributed by atoms with van der Waals surface area (Å²) in [6.45, 7) is 1.39. The van der Waals surface area contributed by atoms with Gasteiger partial charge in [-0.25, -0.2) is 0 Å². The second-order valence-corrected chi connectivity index (χ2v) is 3.61. The topological polar surface area (TPSA) is 73.9 Å². The van der Waals surface area contributed by atoms with E-state index in [1.807, 2.05) is 0 Å². The van der Waals surface area contributed by atoms with Gasteiger partial charge in [-0.15, -0.1) is 0 Å². The fourth-order valence-corrected chi connectivity index (χ4v) is 1.21. The van der Waals surface area contributed by atoms with Crippen LogP contribution in [0.4, 0.5) is 5.69 Å². The molecule has 1 aromatic carbocycles. The van der Waals surface area contributed by atoms with E-state index >= 15 is 0 Å². The molecule has 3 N–H and O–H groups in total. The number of benzene rings is 1. The molecule has 0 radical (unpaired) electrons.